The minimum atomic E-state index is -0.873. The molecule has 27 heavy (non-hydrogen) atoms. The number of hydrogen-bond donors (Lipinski definition) is 0. The molecule has 0 N–H and O–H groups in total. The number of hydrogen-bond acceptors (Lipinski definition) is 3. The summed E-state index contributed by atoms with van der Waals surface area (Å²) in [6.45, 7) is 5.91. The van der Waals surface area contributed by atoms with Crippen LogP contribution in [0.5, 0.6) is 0 Å². The Morgan fingerprint density at radius 1 is 1.07 bits per heavy atom. The van der Waals surface area contributed by atoms with Gasteiger partial charge in [-0.25, -0.2) is 8.78 Å². The van der Waals surface area contributed by atoms with E-state index >= 15 is 0 Å². The summed E-state index contributed by atoms with van der Waals surface area (Å²) in [5.41, 5.74) is -0.152. The van der Waals surface area contributed by atoms with E-state index in [1.54, 1.807) is 0 Å². The van der Waals surface area contributed by atoms with Crippen LogP contribution in [0.2, 0.25) is 0 Å². The van der Waals surface area contributed by atoms with E-state index in [1.807, 2.05) is 4.90 Å². The molecule has 0 radical (unpaired) electrons. The second-order valence-corrected chi connectivity index (χ2v) is 7.91. The van der Waals surface area contributed by atoms with Gasteiger partial charge in [0, 0.05) is 50.1 Å². The molecule has 1 aromatic carbocycles. The van der Waals surface area contributed by atoms with Gasteiger partial charge < -0.3 is 4.90 Å². The summed E-state index contributed by atoms with van der Waals surface area (Å²) in [5, 5.41) is 0. The van der Waals surface area contributed by atoms with Crippen LogP contribution in [-0.2, 0) is 4.79 Å². The number of nitrogens with zero attached hydrogens (tertiary/aromatic N) is 2. The van der Waals surface area contributed by atoms with Crippen LogP contribution in [0.4, 0.5) is 8.78 Å². The molecule has 4 nitrogen and oxygen atoms in total. The molecule has 0 aliphatic carbocycles. The number of halogens is 2. The first kappa shape index (κ1) is 19.9. The Morgan fingerprint density at radius 3 is 2.44 bits per heavy atom. The molecule has 2 saturated heterocycles. The topological polar surface area (TPSA) is 40.6 Å². The quantitative estimate of drug-likeness (QED) is 0.732. The Labute approximate surface area is 159 Å². The zero-order valence-corrected chi connectivity index (χ0v) is 16.1. The van der Waals surface area contributed by atoms with Crippen LogP contribution in [0.25, 0.3) is 0 Å². The molecule has 1 amide bonds. The van der Waals surface area contributed by atoms with E-state index < -0.39 is 17.4 Å². The summed E-state index contributed by atoms with van der Waals surface area (Å²) in [6, 6.07) is 4.37. The summed E-state index contributed by atoms with van der Waals surface area (Å²) in [4.78, 5) is 29.2. The van der Waals surface area contributed by atoms with Crippen molar-refractivity contribution in [2.24, 2.45) is 0 Å². The number of rotatable bonds is 5. The predicted octanol–water partition coefficient (Wildman–Crippen LogP) is 3.79. The molecule has 2 fully saturated rings. The first-order chi connectivity index (χ1) is 12.9. The fraction of sp³-hybridized carbons (Fsp3) is 0.619. The number of carbonyl (C=O) groups is 2. The number of likely N-dealkylation sites (tertiary alicyclic amines) is 2. The van der Waals surface area contributed by atoms with Crippen LogP contribution in [0.15, 0.2) is 18.2 Å². The number of ketones is 1. The maximum absolute atomic E-state index is 13.7. The molecule has 0 saturated carbocycles. The second-order valence-electron chi connectivity index (χ2n) is 7.91. The second kappa shape index (κ2) is 8.46. The first-order valence-electron chi connectivity index (χ1n) is 9.90. The molecule has 0 spiro atoms. The number of carbonyl (C=O) groups excluding carboxylic acids is 2. The Balaban J connectivity index is 1.55. The standard InChI is InChI=1S/C21H28F2N2O2/c1-14-5-6-15(2)25(14)17-4-3-11-24(13-17)21(27)10-9-20(26)18-8-7-16(22)12-19(18)23/h7-8,12,14-15,17H,3-6,9-11,13H2,1-2H3/t14-,15-,17+/m1/s1. The number of piperidine rings is 1. The Hall–Kier alpha value is -1.82. The normalized spacial score (nSPS) is 26.4. The zero-order valence-electron chi connectivity index (χ0n) is 16.1. The van der Waals surface area contributed by atoms with Crippen molar-refractivity contribution in [3.63, 3.8) is 0 Å². The Bertz CT molecular complexity index is 699. The number of benzene rings is 1. The van der Waals surface area contributed by atoms with Gasteiger partial charge in [-0.2, -0.15) is 0 Å². The highest BCUT2D eigenvalue weighted by Crippen LogP contribution is 2.30. The van der Waals surface area contributed by atoms with Gasteiger partial charge in [0.25, 0.3) is 0 Å². The van der Waals surface area contributed by atoms with Gasteiger partial charge in [-0.15, -0.1) is 0 Å². The average Bonchev–Trinajstić information content (AvgIpc) is 2.98. The minimum Gasteiger partial charge on any atom is -0.341 e. The van der Waals surface area contributed by atoms with Crippen molar-refractivity contribution < 1.29 is 18.4 Å². The lowest BCUT2D eigenvalue weighted by Gasteiger charge is -2.41. The lowest BCUT2D eigenvalue weighted by molar-refractivity contribution is -0.133. The third kappa shape index (κ3) is 4.54. The van der Waals surface area contributed by atoms with E-state index in [0.29, 0.717) is 37.3 Å². The van der Waals surface area contributed by atoms with Crippen molar-refractivity contribution >= 4 is 11.7 Å². The summed E-state index contributed by atoms with van der Waals surface area (Å²) in [7, 11) is 0. The van der Waals surface area contributed by atoms with Gasteiger partial charge in [0.1, 0.15) is 11.6 Å². The monoisotopic (exact) mass is 378 g/mol. The van der Waals surface area contributed by atoms with Crippen molar-refractivity contribution in [1.29, 1.82) is 0 Å². The van der Waals surface area contributed by atoms with Gasteiger partial charge in [0.2, 0.25) is 5.91 Å². The highest BCUT2D eigenvalue weighted by atomic mass is 19.1. The van der Waals surface area contributed by atoms with Crippen molar-refractivity contribution in [1.82, 2.24) is 9.80 Å². The smallest absolute Gasteiger partial charge is 0.223 e. The summed E-state index contributed by atoms with van der Waals surface area (Å²) in [5.74, 6) is -2.11. The lowest BCUT2D eigenvalue weighted by atomic mass is 10.0. The van der Waals surface area contributed by atoms with Gasteiger partial charge in [0.15, 0.2) is 5.78 Å². The van der Waals surface area contributed by atoms with E-state index in [9.17, 15) is 18.4 Å². The average molecular weight is 378 g/mol. The van der Waals surface area contributed by atoms with Crippen LogP contribution in [0.3, 0.4) is 0 Å². The summed E-state index contributed by atoms with van der Waals surface area (Å²) in [6.07, 6.45) is 4.46. The van der Waals surface area contributed by atoms with Gasteiger partial charge in [-0.05, 0) is 51.7 Å². The largest absolute Gasteiger partial charge is 0.341 e. The molecule has 0 aromatic heterocycles. The van der Waals surface area contributed by atoms with Crippen LogP contribution >= 0.6 is 0 Å². The third-order valence-corrected chi connectivity index (χ3v) is 5.99. The maximum Gasteiger partial charge on any atom is 0.223 e. The third-order valence-electron chi connectivity index (χ3n) is 5.99. The number of Topliss-reactive ketones (excluding diaryl/α,β-unsaturated/α-hetero) is 1. The van der Waals surface area contributed by atoms with Crippen LogP contribution in [0.1, 0.15) is 62.7 Å². The summed E-state index contributed by atoms with van der Waals surface area (Å²) >= 11 is 0. The molecular formula is C21H28F2N2O2. The van der Waals surface area contributed by atoms with Crippen molar-refractivity contribution in [2.45, 2.75) is 70.5 Å². The SMILES string of the molecule is C[C@@H]1CC[C@@H](C)N1[C@H]1CCCN(C(=O)CCC(=O)c2ccc(F)cc2F)C1. The van der Waals surface area contributed by atoms with Crippen molar-refractivity contribution in [3.05, 3.63) is 35.4 Å². The van der Waals surface area contributed by atoms with Crippen LogP contribution < -0.4 is 0 Å². The predicted molar refractivity (Wildman–Crippen MR) is 99.5 cm³/mol. The van der Waals surface area contributed by atoms with Gasteiger partial charge in [-0.1, -0.05) is 0 Å². The first-order valence-corrected chi connectivity index (χ1v) is 9.90. The Morgan fingerprint density at radius 2 is 1.78 bits per heavy atom. The maximum atomic E-state index is 13.7. The molecule has 1 aromatic rings. The molecular weight excluding hydrogens is 350 g/mol. The highest BCUT2D eigenvalue weighted by molar-refractivity contribution is 5.98. The Kier molecular flexibility index (Phi) is 6.25. The molecule has 2 heterocycles. The van der Waals surface area contributed by atoms with E-state index in [-0.39, 0.29) is 24.3 Å². The zero-order chi connectivity index (χ0) is 19.6. The van der Waals surface area contributed by atoms with Gasteiger partial charge >= 0.3 is 0 Å². The minimum absolute atomic E-state index is 0.0565. The fourth-order valence-electron chi connectivity index (χ4n) is 4.59. The molecule has 0 bridgehead atoms. The molecule has 2 aliphatic heterocycles. The van der Waals surface area contributed by atoms with Gasteiger partial charge in [0.05, 0.1) is 5.56 Å². The highest BCUT2D eigenvalue weighted by Gasteiger charge is 2.36. The van der Waals surface area contributed by atoms with E-state index in [0.717, 1.165) is 25.0 Å². The number of amides is 1. The molecule has 148 valence electrons. The summed E-state index contributed by atoms with van der Waals surface area (Å²) < 4.78 is 26.7. The molecule has 6 heteroatoms. The van der Waals surface area contributed by atoms with Crippen molar-refractivity contribution in [3.8, 4) is 0 Å². The van der Waals surface area contributed by atoms with Crippen LogP contribution in [-0.4, -0.2) is 52.7 Å². The molecule has 3 rings (SSSR count). The van der Waals surface area contributed by atoms with Gasteiger partial charge in [-0.3, -0.25) is 14.5 Å². The lowest BCUT2D eigenvalue weighted by Crippen LogP contribution is -2.52. The molecule has 0 unspecified atom stereocenters. The van der Waals surface area contributed by atoms with E-state index in [4.69, 9.17) is 0 Å². The molecule has 2 aliphatic rings. The van der Waals surface area contributed by atoms with E-state index in [1.165, 1.54) is 12.8 Å². The molecule has 3 atom stereocenters. The van der Waals surface area contributed by atoms with Crippen molar-refractivity contribution in [2.75, 3.05) is 13.1 Å². The fourth-order valence-corrected chi connectivity index (χ4v) is 4.59. The van der Waals surface area contributed by atoms with E-state index in [2.05, 4.69) is 18.7 Å². The van der Waals surface area contributed by atoms with Crippen LogP contribution in [0, 0.1) is 11.6 Å².